The Labute approximate surface area is 128 Å². The minimum Gasteiger partial charge on any atom is -0.388 e. The van der Waals surface area contributed by atoms with Gasteiger partial charge in [0, 0.05) is 13.1 Å². The summed E-state index contributed by atoms with van der Waals surface area (Å²) in [6, 6.07) is 16.6. The molecule has 0 aromatic heterocycles. The highest BCUT2D eigenvalue weighted by Crippen LogP contribution is 2.20. The molecule has 0 amide bonds. The highest BCUT2D eigenvalue weighted by Gasteiger charge is 2.11. The van der Waals surface area contributed by atoms with Crippen molar-refractivity contribution in [1.29, 1.82) is 0 Å². The third-order valence-electron chi connectivity index (χ3n) is 3.87. The lowest BCUT2D eigenvalue weighted by atomic mass is 10.0. The second-order valence-electron chi connectivity index (χ2n) is 5.89. The number of aryl methyl sites for hydroxylation is 2. The molecule has 2 heteroatoms. The Morgan fingerprint density at radius 2 is 1.81 bits per heavy atom. The summed E-state index contributed by atoms with van der Waals surface area (Å²) in [5, 5.41) is 10.3. The van der Waals surface area contributed by atoms with Crippen LogP contribution < -0.4 is 0 Å². The van der Waals surface area contributed by atoms with Crippen LogP contribution in [0.2, 0.25) is 0 Å². The van der Waals surface area contributed by atoms with Gasteiger partial charge in [0.1, 0.15) is 0 Å². The Morgan fingerprint density at radius 1 is 1.05 bits per heavy atom. The second-order valence-corrected chi connectivity index (χ2v) is 5.89. The minimum absolute atomic E-state index is 0.383. The molecule has 1 N–H and O–H groups in total. The van der Waals surface area contributed by atoms with Crippen LogP contribution in [0.5, 0.6) is 0 Å². The molecule has 112 valence electrons. The van der Waals surface area contributed by atoms with Gasteiger partial charge in [0.25, 0.3) is 0 Å². The Balaban J connectivity index is 1.86. The van der Waals surface area contributed by atoms with Gasteiger partial charge in [-0.05, 0) is 44.0 Å². The van der Waals surface area contributed by atoms with Gasteiger partial charge in [0.15, 0.2) is 0 Å². The van der Waals surface area contributed by atoms with E-state index in [2.05, 4.69) is 56.1 Å². The third kappa shape index (κ3) is 4.69. The van der Waals surface area contributed by atoms with E-state index in [1.54, 1.807) is 0 Å². The molecule has 2 rings (SSSR count). The monoisotopic (exact) mass is 283 g/mol. The number of nitrogens with zero attached hydrogens (tertiary/aromatic N) is 1. The predicted octanol–water partition coefficient (Wildman–Crippen LogP) is 3.86. The van der Waals surface area contributed by atoms with Gasteiger partial charge in [-0.3, -0.25) is 0 Å². The van der Waals surface area contributed by atoms with Gasteiger partial charge in [-0.1, -0.05) is 54.1 Å². The molecule has 0 bridgehead atoms. The van der Waals surface area contributed by atoms with Crippen molar-refractivity contribution in [2.75, 3.05) is 13.6 Å². The topological polar surface area (TPSA) is 23.5 Å². The van der Waals surface area contributed by atoms with Crippen molar-refractivity contribution in [3.05, 3.63) is 70.8 Å². The summed E-state index contributed by atoms with van der Waals surface area (Å²) >= 11 is 0. The minimum atomic E-state index is -0.383. The van der Waals surface area contributed by atoms with Crippen molar-refractivity contribution in [3.63, 3.8) is 0 Å². The summed E-state index contributed by atoms with van der Waals surface area (Å²) in [6.45, 7) is 5.96. The number of benzene rings is 2. The predicted molar refractivity (Wildman–Crippen MR) is 88.3 cm³/mol. The first kappa shape index (κ1) is 15.7. The maximum Gasteiger partial charge on any atom is 0.0804 e. The number of hydrogen-bond donors (Lipinski definition) is 1. The van der Waals surface area contributed by atoms with Gasteiger partial charge in [0.05, 0.1) is 6.10 Å². The van der Waals surface area contributed by atoms with Crippen molar-refractivity contribution < 1.29 is 5.11 Å². The van der Waals surface area contributed by atoms with Gasteiger partial charge in [-0.2, -0.15) is 0 Å². The highest BCUT2D eigenvalue weighted by atomic mass is 16.3. The van der Waals surface area contributed by atoms with Crippen LogP contribution in [-0.2, 0) is 6.54 Å². The Hall–Kier alpha value is -1.64. The standard InChI is InChI=1S/C19H25NO/c1-15-7-6-9-17(13-15)14-20(3)12-11-19(21)18-10-5-4-8-16(18)2/h4-10,13,19,21H,11-12,14H2,1-3H3. The van der Waals surface area contributed by atoms with Crippen LogP contribution in [0.25, 0.3) is 0 Å². The normalized spacial score (nSPS) is 12.6. The van der Waals surface area contributed by atoms with Gasteiger partial charge in [-0.25, -0.2) is 0 Å². The molecule has 0 aliphatic heterocycles. The van der Waals surface area contributed by atoms with E-state index < -0.39 is 0 Å². The summed E-state index contributed by atoms with van der Waals surface area (Å²) in [6.07, 6.45) is 0.374. The van der Waals surface area contributed by atoms with E-state index in [0.717, 1.165) is 30.6 Å². The van der Waals surface area contributed by atoms with Gasteiger partial charge >= 0.3 is 0 Å². The lowest BCUT2D eigenvalue weighted by Crippen LogP contribution is -2.21. The van der Waals surface area contributed by atoms with E-state index in [4.69, 9.17) is 0 Å². The summed E-state index contributed by atoms with van der Waals surface area (Å²) < 4.78 is 0. The molecule has 0 radical (unpaired) electrons. The van der Waals surface area contributed by atoms with Crippen LogP contribution in [0.15, 0.2) is 48.5 Å². The Bertz CT molecular complexity index is 579. The zero-order valence-corrected chi connectivity index (χ0v) is 13.2. The maximum absolute atomic E-state index is 10.3. The van der Waals surface area contributed by atoms with Crippen molar-refractivity contribution in [2.24, 2.45) is 0 Å². The van der Waals surface area contributed by atoms with Crippen molar-refractivity contribution in [3.8, 4) is 0 Å². The van der Waals surface area contributed by atoms with E-state index in [-0.39, 0.29) is 6.10 Å². The lowest BCUT2D eigenvalue weighted by molar-refractivity contribution is 0.147. The number of aliphatic hydroxyl groups excluding tert-OH is 1. The average molecular weight is 283 g/mol. The molecule has 21 heavy (non-hydrogen) atoms. The molecular weight excluding hydrogens is 258 g/mol. The number of rotatable bonds is 6. The molecular formula is C19H25NO. The molecule has 0 aliphatic rings. The fourth-order valence-corrected chi connectivity index (χ4v) is 2.66. The molecule has 1 atom stereocenters. The van der Waals surface area contributed by atoms with Gasteiger partial charge < -0.3 is 10.0 Å². The number of aliphatic hydroxyl groups is 1. The molecule has 2 nitrogen and oxygen atoms in total. The SMILES string of the molecule is Cc1cccc(CN(C)CCC(O)c2ccccc2C)c1. The Morgan fingerprint density at radius 3 is 2.52 bits per heavy atom. The summed E-state index contributed by atoms with van der Waals surface area (Å²) in [4.78, 5) is 2.26. The maximum atomic E-state index is 10.3. The highest BCUT2D eigenvalue weighted by molar-refractivity contribution is 5.27. The fourth-order valence-electron chi connectivity index (χ4n) is 2.66. The van der Waals surface area contributed by atoms with E-state index in [9.17, 15) is 5.11 Å². The van der Waals surface area contributed by atoms with Crippen LogP contribution in [0, 0.1) is 13.8 Å². The first-order valence-corrected chi connectivity index (χ1v) is 7.54. The smallest absolute Gasteiger partial charge is 0.0804 e. The van der Waals surface area contributed by atoms with E-state index >= 15 is 0 Å². The fraction of sp³-hybridized carbons (Fsp3) is 0.368. The molecule has 2 aromatic carbocycles. The first-order valence-electron chi connectivity index (χ1n) is 7.54. The van der Waals surface area contributed by atoms with Gasteiger partial charge in [0.2, 0.25) is 0 Å². The van der Waals surface area contributed by atoms with Gasteiger partial charge in [-0.15, -0.1) is 0 Å². The molecule has 0 saturated carbocycles. The zero-order chi connectivity index (χ0) is 15.2. The molecule has 0 heterocycles. The second kappa shape index (κ2) is 7.39. The first-order chi connectivity index (χ1) is 10.1. The van der Waals surface area contributed by atoms with Crippen LogP contribution >= 0.6 is 0 Å². The summed E-state index contributed by atoms with van der Waals surface area (Å²) in [5.41, 5.74) is 4.82. The largest absolute Gasteiger partial charge is 0.388 e. The van der Waals surface area contributed by atoms with E-state index in [1.165, 1.54) is 11.1 Å². The van der Waals surface area contributed by atoms with Crippen LogP contribution in [0.1, 0.15) is 34.8 Å². The molecule has 0 aliphatic carbocycles. The average Bonchev–Trinajstić information content (AvgIpc) is 2.45. The third-order valence-corrected chi connectivity index (χ3v) is 3.87. The van der Waals surface area contributed by atoms with Crippen LogP contribution in [0.3, 0.4) is 0 Å². The van der Waals surface area contributed by atoms with E-state index in [0.29, 0.717) is 0 Å². The van der Waals surface area contributed by atoms with Crippen LogP contribution in [-0.4, -0.2) is 23.6 Å². The van der Waals surface area contributed by atoms with Crippen molar-refractivity contribution in [1.82, 2.24) is 4.90 Å². The molecule has 0 spiro atoms. The summed E-state index contributed by atoms with van der Waals surface area (Å²) in [7, 11) is 2.10. The molecule has 1 unspecified atom stereocenters. The molecule has 0 saturated heterocycles. The zero-order valence-electron chi connectivity index (χ0n) is 13.2. The lowest BCUT2D eigenvalue weighted by Gasteiger charge is -2.20. The molecule has 2 aromatic rings. The van der Waals surface area contributed by atoms with Crippen molar-refractivity contribution in [2.45, 2.75) is 32.9 Å². The quantitative estimate of drug-likeness (QED) is 0.870. The van der Waals surface area contributed by atoms with E-state index in [1.807, 2.05) is 18.2 Å². The molecule has 0 fully saturated rings. The Kier molecular flexibility index (Phi) is 5.54. The van der Waals surface area contributed by atoms with Crippen LogP contribution in [0.4, 0.5) is 0 Å². The number of hydrogen-bond acceptors (Lipinski definition) is 2. The van der Waals surface area contributed by atoms with Crippen molar-refractivity contribution >= 4 is 0 Å². The summed E-state index contributed by atoms with van der Waals surface area (Å²) in [5.74, 6) is 0.